The summed E-state index contributed by atoms with van der Waals surface area (Å²) in [4.78, 5) is 30.7. The van der Waals surface area contributed by atoms with Crippen LogP contribution in [0.5, 0.6) is 0 Å². The number of nitrogens with one attached hydrogen (secondary N) is 1. The largest absolute Gasteiger partial charge is 0.309 e. The molecule has 4 nitrogen and oxygen atoms in total. The van der Waals surface area contributed by atoms with Crippen molar-refractivity contribution in [1.82, 2.24) is 9.97 Å². The van der Waals surface area contributed by atoms with Gasteiger partial charge in [-0.1, -0.05) is 20.8 Å². The highest BCUT2D eigenvalue weighted by Gasteiger charge is 2.18. The first-order valence-corrected chi connectivity index (χ1v) is 5.73. The Kier molecular flexibility index (Phi) is 2.42. The van der Waals surface area contributed by atoms with Gasteiger partial charge in [0.25, 0.3) is 5.56 Å². The third-order valence-corrected chi connectivity index (χ3v) is 3.20. The lowest BCUT2D eigenvalue weighted by atomic mass is 9.96. The third kappa shape index (κ3) is 1.78. The molecule has 0 saturated heterocycles. The molecule has 0 radical (unpaired) electrons. The fraction of sp³-hybridized carbons (Fsp3) is 0.364. The van der Waals surface area contributed by atoms with Gasteiger partial charge in [-0.15, -0.1) is 11.3 Å². The van der Waals surface area contributed by atoms with Crippen LogP contribution in [0.15, 0.2) is 10.9 Å². The first kappa shape index (κ1) is 11.0. The second-order valence-electron chi connectivity index (χ2n) is 4.65. The number of nitrogens with zero attached hydrogens (tertiary/aromatic N) is 1. The molecule has 0 bridgehead atoms. The molecule has 0 aliphatic rings. The predicted octanol–water partition coefficient (Wildman–Crippen LogP) is 2.09. The number of thiophene rings is 1. The minimum Gasteiger partial charge on any atom is -0.309 e. The van der Waals surface area contributed by atoms with Crippen molar-refractivity contribution in [3.05, 3.63) is 27.1 Å². The van der Waals surface area contributed by atoms with Gasteiger partial charge in [0.2, 0.25) is 0 Å². The summed E-state index contributed by atoms with van der Waals surface area (Å²) in [6, 6.07) is 1.57. The van der Waals surface area contributed by atoms with E-state index in [1.165, 1.54) is 11.3 Å². The molecule has 0 aromatic carbocycles. The zero-order valence-electron chi connectivity index (χ0n) is 9.33. The molecule has 1 N–H and O–H groups in total. The van der Waals surface area contributed by atoms with E-state index in [0.717, 1.165) is 6.29 Å². The van der Waals surface area contributed by atoms with Crippen molar-refractivity contribution in [2.75, 3.05) is 0 Å². The molecule has 2 aromatic rings. The summed E-state index contributed by atoms with van der Waals surface area (Å²) in [5, 5.41) is 0.486. The van der Waals surface area contributed by atoms with Crippen molar-refractivity contribution in [1.29, 1.82) is 0 Å². The van der Waals surface area contributed by atoms with Crippen molar-refractivity contribution in [3.8, 4) is 0 Å². The number of aromatic nitrogens is 2. The Balaban J connectivity index is 2.76. The number of carbonyl (C=O) groups excluding carboxylic acids is 1. The van der Waals surface area contributed by atoms with Crippen molar-refractivity contribution < 1.29 is 4.79 Å². The van der Waals surface area contributed by atoms with E-state index in [-0.39, 0.29) is 11.0 Å². The Morgan fingerprint density at radius 2 is 2.12 bits per heavy atom. The number of aromatic amines is 1. The summed E-state index contributed by atoms with van der Waals surface area (Å²) in [6.07, 6.45) is 0.739. The van der Waals surface area contributed by atoms with Crippen LogP contribution < -0.4 is 5.56 Å². The number of hydrogen-bond acceptors (Lipinski definition) is 4. The monoisotopic (exact) mass is 236 g/mol. The molecular formula is C11H12N2O2S. The van der Waals surface area contributed by atoms with E-state index in [0.29, 0.717) is 20.9 Å². The smallest absolute Gasteiger partial charge is 0.259 e. The molecule has 0 spiro atoms. The van der Waals surface area contributed by atoms with Crippen molar-refractivity contribution in [3.63, 3.8) is 0 Å². The van der Waals surface area contributed by atoms with Gasteiger partial charge in [0.15, 0.2) is 6.29 Å². The van der Waals surface area contributed by atoms with Crippen molar-refractivity contribution >= 4 is 27.8 Å². The molecule has 0 fully saturated rings. The van der Waals surface area contributed by atoms with Crippen LogP contribution in [-0.4, -0.2) is 16.3 Å². The maximum atomic E-state index is 11.8. The lowest BCUT2D eigenvalue weighted by molar-refractivity contribution is 0.112. The summed E-state index contributed by atoms with van der Waals surface area (Å²) < 4.78 is 0. The zero-order chi connectivity index (χ0) is 11.9. The summed E-state index contributed by atoms with van der Waals surface area (Å²) in [7, 11) is 0. The van der Waals surface area contributed by atoms with E-state index in [9.17, 15) is 9.59 Å². The van der Waals surface area contributed by atoms with Gasteiger partial charge in [-0.05, 0) is 6.07 Å². The van der Waals surface area contributed by atoms with E-state index in [1.807, 2.05) is 20.8 Å². The zero-order valence-corrected chi connectivity index (χ0v) is 10.1. The van der Waals surface area contributed by atoms with Gasteiger partial charge in [-0.3, -0.25) is 9.59 Å². The molecule has 2 aromatic heterocycles. The van der Waals surface area contributed by atoms with Crippen LogP contribution >= 0.6 is 11.3 Å². The summed E-state index contributed by atoms with van der Waals surface area (Å²) >= 11 is 1.24. The molecule has 0 saturated carbocycles. The van der Waals surface area contributed by atoms with E-state index < -0.39 is 0 Å². The number of H-pyrrole nitrogens is 1. The lowest BCUT2D eigenvalue weighted by Gasteiger charge is -2.16. The fourth-order valence-corrected chi connectivity index (χ4v) is 2.21. The van der Waals surface area contributed by atoms with Crippen LogP contribution in [0.25, 0.3) is 10.2 Å². The molecule has 0 aliphatic carbocycles. The second kappa shape index (κ2) is 3.52. The molecule has 0 unspecified atom stereocenters. The summed E-state index contributed by atoms with van der Waals surface area (Å²) in [5.74, 6) is 0.643. The van der Waals surface area contributed by atoms with E-state index in [2.05, 4.69) is 9.97 Å². The molecule has 5 heteroatoms. The average Bonchev–Trinajstić information content (AvgIpc) is 2.59. The number of rotatable bonds is 1. The molecule has 0 atom stereocenters. The molecule has 0 aliphatic heterocycles. The topological polar surface area (TPSA) is 62.8 Å². The van der Waals surface area contributed by atoms with Crippen LogP contribution in [0.3, 0.4) is 0 Å². The molecule has 84 valence electrons. The minimum atomic E-state index is -0.210. The van der Waals surface area contributed by atoms with Gasteiger partial charge >= 0.3 is 0 Å². The van der Waals surface area contributed by atoms with Crippen molar-refractivity contribution in [2.24, 2.45) is 0 Å². The average molecular weight is 236 g/mol. The van der Waals surface area contributed by atoms with Crippen LogP contribution in [-0.2, 0) is 5.41 Å². The number of hydrogen-bond donors (Lipinski definition) is 1. The van der Waals surface area contributed by atoms with Gasteiger partial charge in [0, 0.05) is 5.41 Å². The van der Waals surface area contributed by atoms with Crippen LogP contribution in [0.4, 0.5) is 0 Å². The van der Waals surface area contributed by atoms with Gasteiger partial charge in [-0.25, -0.2) is 4.98 Å². The third-order valence-electron chi connectivity index (χ3n) is 2.25. The fourth-order valence-electron chi connectivity index (χ4n) is 1.36. The lowest BCUT2D eigenvalue weighted by Crippen LogP contribution is -2.21. The number of fused-ring (bicyclic) bond motifs is 1. The maximum absolute atomic E-state index is 11.8. The van der Waals surface area contributed by atoms with E-state index in [4.69, 9.17) is 0 Å². The van der Waals surface area contributed by atoms with Gasteiger partial charge in [0.05, 0.1) is 10.3 Å². The molecule has 0 amide bonds. The second-order valence-corrected chi connectivity index (χ2v) is 5.71. The van der Waals surface area contributed by atoms with E-state index in [1.54, 1.807) is 6.07 Å². The van der Waals surface area contributed by atoms with Crippen LogP contribution in [0.1, 0.15) is 36.3 Å². The molecule has 2 heterocycles. The predicted molar refractivity (Wildman–Crippen MR) is 64.3 cm³/mol. The number of aldehydes is 1. The highest BCUT2D eigenvalue weighted by Crippen LogP contribution is 2.23. The maximum Gasteiger partial charge on any atom is 0.259 e. The first-order chi connectivity index (χ1) is 7.41. The van der Waals surface area contributed by atoms with Crippen molar-refractivity contribution in [2.45, 2.75) is 26.2 Å². The standard InChI is InChI=1S/C11H12N2O2S/c1-11(2,3)10-12-8(15)7-4-6(5-14)16-9(7)13-10/h4-5H,1-3H3,(H,12,13,15). The normalized spacial score (nSPS) is 11.9. The van der Waals surface area contributed by atoms with Crippen LogP contribution in [0, 0.1) is 0 Å². The quantitative estimate of drug-likeness (QED) is 0.771. The summed E-state index contributed by atoms with van der Waals surface area (Å²) in [6.45, 7) is 5.93. The highest BCUT2D eigenvalue weighted by molar-refractivity contribution is 7.20. The Morgan fingerprint density at radius 3 is 2.69 bits per heavy atom. The van der Waals surface area contributed by atoms with Gasteiger partial charge in [-0.2, -0.15) is 0 Å². The Bertz CT molecular complexity index is 604. The summed E-state index contributed by atoms with van der Waals surface area (Å²) in [5.41, 5.74) is -0.391. The molecular weight excluding hydrogens is 224 g/mol. The van der Waals surface area contributed by atoms with Gasteiger partial charge < -0.3 is 4.98 Å². The number of carbonyl (C=O) groups is 1. The Labute approximate surface area is 96.3 Å². The Hall–Kier alpha value is -1.49. The van der Waals surface area contributed by atoms with E-state index >= 15 is 0 Å². The van der Waals surface area contributed by atoms with Gasteiger partial charge in [0.1, 0.15) is 10.7 Å². The molecule has 16 heavy (non-hydrogen) atoms. The highest BCUT2D eigenvalue weighted by atomic mass is 32.1. The minimum absolute atomic E-state index is 0.181. The SMILES string of the molecule is CC(C)(C)c1nc2sc(C=O)cc2c(=O)[nH]1. The first-order valence-electron chi connectivity index (χ1n) is 4.91. The van der Waals surface area contributed by atoms with Crippen LogP contribution in [0.2, 0.25) is 0 Å². The molecule has 2 rings (SSSR count). The Morgan fingerprint density at radius 1 is 1.44 bits per heavy atom.